The second kappa shape index (κ2) is 11.0. The van der Waals surface area contributed by atoms with Crippen LogP contribution in [0.3, 0.4) is 0 Å². The van der Waals surface area contributed by atoms with E-state index >= 15 is 0 Å². The molecule has 5 heterocycles. The maximum atomic E-state index is 5.59. The van der Waals surface area contributed by atoms with Crippen LogP contribution < -0.4 is 0 Å². The molecule has 4 aromatic heterocycles. The molecule has 168 valence electrons. The third kappa shape index (κ3) is 6.22. The van der Waals surface area contributed by atoms with Crippen molar-refractivity contribution in [1.29, 1.82) is 0 Å². The van der Waals surface area contributed by atoms with Crippen LogP contribution in [0.15, 0.2) is 73.1 Å². The molecule has 0 unspecified atom stereocenters. The van der Waals surface area contributed by atoms with Gasteiger partial charge < -0.3 is 9.47 Å². The fourth-order valence-corrected chi connectivity index (χ4v) is 5.54. The second-order valence-corrected chi connectivity index (χ2v) is 10.1. The van der Waals surface area contributed by atoms with Gasteiger partial charge in [-0.15, -0.1) is 22.7 Å². The van der Waals surface area contributed by atoms with E-state index in [2.05, 4.69) is 63.4 Å². The topological polar surface area (TPSA) is 47.5 Å². The fourth-order valence-electron chi connectivity index (χ4n) is 3.67. The molecule has 0 amide bonds. The zero-order chi connectivity index (χ0) is 22.3. The van der Waals surface area contributed by atoms with Crippen molar-refractivity contribution < 1.29 is 9.47 Å². The van der Waals surface area contributed by atoms with E-state index in [0.29, 0.717) is 13.2 Å². The highest BCUT2D eigenvalue weighted by Gasteiger charge is 2.19. The summed E-state index contributed by atoms with van der Waals surface area (Å²) in [6.45, 7) is 3.76. The lowest BCUT2D eigenvalue weighted by molar-refractivity contribution is -0.0413. The lowest BCUT2D eigenvalue weighted by atomic mass is 10.2. The molecule has 0 radical (unpaired) electrons. The van der Waals surface area contributed by atoms with Crippen LogP contribution in [0.1, 0.15) is 37.2 Å². The van der Waals surface area contributed by atoms with Crippen molar-refractivity contribution in [3.05, 3.63) is 104 Å². The highest BCUT2D eigenvalue weighted by atomic mass is 32.1. The molecule has 4 aromatic rings. The van der Waals surface area contributed by atoms with Crippen molar-refractivity contribution in [1.82, 2.24) is 14.9 Å². The highest BCUT2D eigenvalue weighted by Crippen LogP contribution is 2.31. The van der Waals surface area contributed by atoms with Gasteiger partial charge in [0, 0.05) is 46.7 Å². The Kier molecular flexibility index (Phi) is 7.35. The smallest absolute Gasteiger partial charge is 0.193 e. The van der Waals surface area contributed by atoms with Crippen LogP contribution in [0.5, 0.6) is 0 Å². The first-order chi connectivity index (χ1) is 16.3. The minimum absolute atomic E-state index is 0.199. The molecular weight excluding hydrogens is 450 g/mol. The number of pyridine rings is 2. The summed E-state index contributed by atoms with van der Waals surface area (Å²) in [4.78, 5) is 16.3. The van der Waals surface area contributed by atoms with Crippen LogP contribution in [-0.2, 0) is 29.1 Å². The van der Waals surface area contributed by atoms with Gasteiger partial charge in [0.1, 0.15) is 0 Å². The van der Waals surface area contributed by atoms with Crippen LogP contribution in [-0.4, -0.2) is 28.1 Å². The second-order valence-electron chi connectivity index (χ2n) is 7.74. The first-order valence-corrected chi connectivity index (χ1v) is 12.6. The van der Waals surface area contributed by atoms with Crippen molar-refractivity contribution in [2.45, 2.75) is 25.9 Å². The average Bonchev–Trinajstić information content (AvgIpc) is 3.61. The standard InChI is InChI=1S/C26H25N3O2S2/c1-3-13-27-20(5-1)17-29(18-21-6-2-4-14-28-21)19-24-10-9-22(32-24)7-8-23-11-12-25(33-23)26-30-15-16-31-26/h1-14,26H,15-19H2/b8-7+. The van der Waals surface area contributed by atoms with Crippen LogP contribution >= 0.6 is 22.7 Å². The van der Waals surface area contributed by atoms with Crippen LogP contribution in [0.25, 0.3) is 12.2 Å². The number of nitrogens with zero attached hydrogens (tertiary/aromatic N) is 3. The van der Waals surface area contributed by atoms with Gasteiger partial charge in [-0.25, -0.2) is 0 Å². The molecule has 33 heavy (non-hydrogen) atoms. The van der Waals surface area contributed by atoms with Crippen molar-refractivity contribution in [3.63, 3.8) is 0 Å². The lowest BCUT2D eigenvalue weighted by Gasteiger charge is -2.21. The molecule has 5 nitrogen and oxygen atoms in total. The summed E-state index contributed by atoms with van der Waals surface area (Å²) in [7, 11) is 0. The molecule has 0 aliphatic carbocycles. The number of aromatic nitrogens is 2. The Morgan fingerprint density at radius 2 is 1.39 bits per heavy atom. The zero-order valence-corrected chi connectivity index (χ0v) is 19.8. The Labute approximate surface area is 202 Å². The van der Waals surface area contributed by atoms with E-state index in [0.717, 1.165) is 35.9 Å². The summed E-state index contributed by atoms with van der Waals surface area (Å²) >= 11 is 3.53. The Hall–Kier alpha value is -2.68. The molecule has 1 fully saturated rings. The summed E-state index contributed by atoms with van der Waals surface area (Å²) in [5.41, 5.74) is 2.13. The van der Waals surface area contributed by atoms with Gasteiger partial charge in [0.15, 0.2) is 6.29 Å². The van der Waals surface area contributed by atoms with E-state index in [4.69, 9.17) is 9.47 Å². The molecule has 0 atom stereocenters. The van der Waals surface area contributed by atoms with Gasteiger partial charge in [-0.1, -0.05) is 12.1 Å². The first-order valence-electron chi connectivity index (χ1n) is 10.9. The Bertz CT molecular complexity index is 1130. The Morgan fingerprint density at radius 1 is 0.758 bits per heavy atom. The molecule has 1 aliphatic heterocycles. The van der Waals surface area contributed by atoms with Crippen molar-refractivity contribution in [2.24, 2.45) is 0 Å². The van der Waals surface area contributed by atoms with Crippen LogP contribution in [0, 0.1) is 0 Å². The highest BCUT2D eigenvalue weighted by molar-refractivity contribution is 7.13. The largest absolute Gasteiger partial charge is 0.345 e. The van der Waals surface area contributed by atoms with E-state index in [1.165, 1.54) is 14.6 Å². The van der Waals surface area contributed by atoms with Crippen LogP contribution in [0.4, 0.5) is 0 Å². The van der Waals surface area contributed by atoms with Gasteiger partial charge in [0.05, 0.1) is 29.5 Å². The maximum absolute atomic E-state index is 5.59. The van der Waals surface area contributed by atoms with E-state index in [9.17, 15) is 0 Å². The molecule has 0 N–H and O–H groups in total. The van der Waals surface area contributed by atoms with Crippen LogP contribution in [0.2, 0.25) is 0 Å². The molecule has 0 spiro atoms. The number of thiophene rings is 2. The van der Waals surface area contributed by atoms with E-state index in [1.807, 2.05) is 48.0 Å². The van der Waals surface area contributed by atoms with Gasteiger partial charge in [-0.3, -0.25) is 14.9 Å². The molecule has 0 aromatic carbocycles. The summed E-state index contributed by atoms with van der Waals surface area (Å²) in [5.74, 6) is 0. The van der Waals surface area contributed by atoms with Crippen molar-refractivity contribution in [3.8, 4) is 0 Å². The third-order valence-electron chi connectivity index (χ3n) is 5.20. The number of hydrogen-bond acceptors (Lipinski definition) is 7. The number of hydrogen-bond donors (Lipinski definition) is 0. The summed E-state index contributed by atoms with van der Waals surface area (Å²) in [6.07, 6.45) is 7.85. The van der Waals surface area contributed by atoms with Crippen molar-refractivity contribution in [2.75, 3.05) is 13.2 Å². The SMILES string of the molecule is C(=C\c1ccc(C2OCCO2)s1)/c1ccc(CN(Cc2ccccn2)Cc2ccccn2)s1. The van der Waals surface area contributed by atoms with Gasteiger partial charge >= 0.3 is 0 Å². The predicted molar refractivity (Wildman–Crippen MR) is 134 cm³/mol. The summed E-state index contributed by atoms with van der Waals surface area (Å²) < 4.78 is 11.2. The molecule has 0 saturated carbocycles. The van der Waals surface area contributed by atoms with Gasteiger partial charge in [-0.05, 0) is 60.7 Å². The van der Waals surface area contributed by atoms with E-state index in [-0.39, 0.29) is 6.29 Å². The molecular formula is C26H25N3O2S2. The van der Waals surface area contributed by atoms with Gasteiger partial charge in [0.2, 0.25) is 0 Å². The number of ether oxygens (including phenoxy) is 2. The summed E-state index contributed by atoms with van der Waals surface area (Å²) in [5, 5.41) is 0. The first kappa shape index (κ1) is 22.1. The van der Waals surface area contributed by atoms with E-state index < -0.39 is 0 Å². The minimum Gasteiger partial charge on any atom is -0.345 e. The zero-order valence-electron chi connectivity index (χ0n) is 18.2. The minimum atomic E-state index is -0.199. The molecule has 1 aliphatic rings. The molecule has 0 bridgehead atoms. The summed E-state index contributed by atoms with van der Waals surface area (Å²) in [6, 6.07) is 20.7. The quantitative estimate of drug-likeness (QED) is 0.296. The normalized spacial score (nSPS) is 14.6. The molecule has 7 heteroatoms. The monoisotopic (exact) mass is 475 g/mol. The lowest BCUT2D eigenvalue weighted by Crippen LogP contribution is -2.23. The maximum Gasteiger partial charge on any atom is 0.193 e. The van der Waals surface area contributed by atoms with E-state index in [1.54, 1.807) is 11.3 Å². The molecule has 1 saturated heterocycles. The average molecular weight is 476 g/mol. The van der Waals surface area contributed by atoms with Gasteiger partial charge in [0.25, 0.3) is 0 Å². The Balaban J connectivity index is 1.25. The Morgan fingerprint density at radius 3 is 2.03 bits per heavy atom. The van der Waals surface area contributed by atoms with Gasteiger partial charge in [-0.2, -0.15) is 0 Å². The molecule has 5 rings (SSSR count). The van der Waals surface area contributed by atoms with Crippen molar-refractivity contribution >= 4 is 34.8 Å². The fraction of sp³-hybridized carbons (Fsp3) is 0.231. The number of rotatable bonds is 9. The third-order valence-corrected chi connectivity index (χ3v) is 7.31. The predicted octanol–water partition coefficient (Wildman–Crippen LogP) is 6.02.